The van der Waals surface area contributed by atoms with Gasteiger partial charge in [-0.1, -0.05) is 35.9 Å². The summed E-state index contributed by atoms with van der Waals surface area (Å²) in [4.78, 5) is 10.4. The van der Waals surface area contributed by atoms with Gasteiger partial charge in [-0.2, -0.15) is 0 Å². The van der Waals surface area contributed by atoms with Gasteiger partial charge in [0.05, 0.1) is 11.4 Å². The Morgan fingerprint density at radius 2 is 1.68 bits per heavy atom. The summed E-state index contributed by atoms with van der Waals surface area (Å²) in [6.45, 7) is 2.82. The van der Waals surface area contributed by atoms with E-state index in [9.17, 15) is 8.42 Å². The molecule has 0 saturated heterocycles. The van der Waals surface area contributed by atoms with Gasteiger partial charge in [0.25, 0.3) is 15.9 Å². The van der Waals surface area contributed by atoms with Crippen LogP contribution in [0.15, 0.2) is 71.9 Å². The summed E-state index contributed by atoms with van der Waals surface area (Å²) in [6, 6.07) is 16.5. The highest BCUT2D eigenvalue weighted by molar-refractivity contribution is 7.92. The predicted molar refractivity (Wildman–Crippen MR) is 109 cm³/mol. The molecule has 2 aromatic carbocycles. The Morgan fingerprint density at radius 1 is 1.00 bits per heavy atom. The second-order valence-electron chi connectivity index (χ2n) is 6.23. The average molecular weight is 398 g/mol. The van der Waals surface area contributed by atoms with Crippen molar-refractivity contribution in [3.63, 3.8) is 0 Å². The molecule has 0 aliphatic heterocycles. The molecule has 0 radical (unpaired) electrons. The molecule has 0 atom stereocenters. The number of sulfonamides is 1. The highest BCUT2D eigenvalue weighted by Crippen LogP contribution is 2.22. The molecule has 1 heterocycles. The topological polar surface area (TPSA) is 84.4 Å². The van der Waals surface area contributed by atoms with E-state index in [1.807, 2.05) is 49.2 Å². The molecule has 146 valence electrons. The number of para-hydroxylation sites is 1. The van der Waals surface area contributed by atoms with Gasteiger partial charge in [0.15, 0.2) is 0 Å². The number of nitrogens with zero attached hydrogens (tertiary/aromatic N) is 3. The minimum atomic E-state index is -3.78. The second-order valence-corrected chi connectivity index (χ2v) is 7.92. The van der Waals surface area contributed by atoms with E-state index in [-0.39, 0.29) is 16.6 Å². The van der Waals surface area contributed by atoms with Gasteiger partial charge in [0.1, 0.15) is 6.61 Å². The lowest BCUT2D eigenvalue weighted by molar-refractivity contribution is 0.314. The van der Waals surface area contributed by atoms with Crippen LogP contribution in [0.5, 0.6) is 5.88 Å². The molecule has 1 aromatic heterocycles. The Hall–Kier alpha value is -3.13. The van der Waals surface area contributed by atoms with Crippen LogP contribution in [-0.2, 0) is 10.0 Å². The molecule has 0 aliphatic rings. The van der Waals surface area contributed by atoms with E-state index in [2.05, 4.69) is 14.7 Å². The van der Waals surface area contributed by atoms with E-state index in [1.54, 1.807) is 24.3 Å². The largest absolute Gasteiger partial charge is 0.473 e. The summed E-state index contributed by atoms with van der Waals surface area (Å²) in [5, 5.41) is 0. The molecule has 7 nitrogen and oxygen atoms in total. The lowest BCUT2D eigenvalue weighted by atomic mass is 10.2. The summed E-state index contributed by atoms with van der Waals surface area (Å²) >= 11 is 0. The van der Waals surface area contributed by atoms with Crippen molar-refractivity contribution in [1.29, 1.82) is 0 Å². The molecule has 8 heteroatoms. The second kappa shape index (κ2) is 8.71. The van der Waals surface area contributed by atoms with Crippen LogP contribution in [0.4, 0.5) is 11.5 Å². The molecule has 0 unspecified atom stereocenters. The summed E-state index contributed by atoms with van der Waals surface area (Å²) in [5.74, 6) is 0.199. The number of hydrogen-bond acceptors (Lipinski definition) is 6. The molecule has 0 aliphatic carbocycles. The van der Waals surface area contributed by atoms with Crippen LogP contribution in [0, 0.1) is 6.92 Å². The van der Waals surface area contributed by atoms with Crippen molar-refractivity contribution >= 4 is 21.5 Å². The van der Waals surface area contributed by atoms with Gasteiger partial charge in [-0.05, 0) is 31.2 Å². The highest BCUT2D eigenvalue weighted by atomic mass is 32.2. The fourth-order valence-electron chi connectivity index (χ4n) is 2.50. The smallest absolute Gasteiger partial charge is 0.263 e. The Morgan fingerprint density at radius 3 is 2.39 bits per heavy atom. The quantitative estimate of drug-likeness (QED) is 0.628. The molecule has 1 N–H and O–H groups in total. The lowest BCUT2D eigenvalue weighted by Gasteiger charge is -2.19. The zero-order valence-electron chi connectivity index (χ0n) is 15.7. The van der Waals surface area contributed by atoms with Crippen LogP contribution in [0.2, 0.25) is 0 Å². The first kappa shape index (κ1) is 19.6. The monoisotopic (exact) mass is 398 g/mol. The standard InChI is InChI=1S/C20H22N4O3S/c1-16-8-10-18(11-9-16)28(25,26)23-19-20(22-13-12-21-19)27-15-14-24(2)17-6-4-3-5-7-17/h3-13H,14-15H2,1-2H3,(H,21,23). The lowest BCUT2D eigenvalue weighted by Crippen LogP contribution is -2.24. The number of ether oxygens (including phenoxy) is 1. The maximum absolute atomic E-state index is 12.6. The first-order chi connectivity index (χ1) is 13.5. The molecule has 3 aromatic rings. The van der Waals surface area contributed by atoms with Crippen molar-refractivity contribution in [3.05, 3.63) is 72.6 Å². The number of aromatic nitrogens is 2. The Bertz CT molecular complexity index is 1010. The third-order valence-corrected chi connectivity index (χ3v) is 5.44. The van der Waals surface area contributed by atoms with Gasteiger partial charge in [-0.3, -0.25) is 4.72 Å². The fraction of sp³-hybridized carbons (Fsp3) is 0.200. The van der Waals surface area contributed by atoms with Crippen molar-refractivity contribution in [2.24, 2.45) is 0 Å². The van der Waals surface area contributed by atoms with Crippen LogP contribution < -0.4 is 14.4 Å². The normalized spacial score (nSPS) is 11.1. The van der Waals surface area contributed by atoms with Crippen molar-refractivity contribution in [2.45, 2.75) is 11.8 Å². The SMILES string of the molecule is Cc1ccc(S(=O)(=O)Nc2nccnc2OCCN(C)c2ccccc2)cc1. The Kier molecular flexibility index (Phi) is 6.10. The van der Waals surface area contributed by atoms with E-state index in [0.29, 0.717) is 13.2 Å². The first-order valence-electron chi connectivity index (χ1n) is 8.75. The van der Waals surface area contributed by atoms with Crippen LogP contribution in [0.25, 0.3) is 0 Å². The molecular formula is C20H22N4O3S. The zero-order chi connectivity index (χ0) is 20.0. The molecule has 0 saturated carbocycles. The number of aryl methyl sites for hydroxylation is 1. The van der Waals surface area contributed by atoms with Crippen LogP contribution in [-0.4, -0.2) is 38.6 Å². The van der Waals surface area contributed by atoms with Crippen molar-refractivity contribution in [1.82, 2.24) is 9.97 Å². The molecule has 0 fully saturated rings. The van der Waals surface area contributed by atoms with E-state index in [0.717, 1.165) is 11.3 Å². The van der Waals surface area contributed by atoms with Crippen LogP contribution >= 0.6 is 0 Å². The van der Waals surface area contributed by atoms with Crippen LogP contribution in [0.3, 0.4) is 0 Å². The average Bonchev–Trinajstić information content (AvgIpc) is 2.70. The third-order valence-electron chi connectivity index (χ3n) is 4.09. The summed E-state index contributed by atoms with van der Waals surface area (Å²) < 4.78 is 33.3. The minimum absolute atomic E-state index is 0.0606. The molecule has 28 heavy (non-hydrogen) atoms. The van der Waals surface area contributed by atoms with Gasteiger partial charge in [-0.25, -0.2) is 18.4 Å². The van der Waals surface area contributed by atoms with Gasteiger partial charge in [-0.15, -0.1) is 0 Å². The number of likely N-dealkylation sites (N-methyl/N-ethyl adjacent to an activating group) is 1. The van der Waals surface area contributed by atoms with Crippen molar-refractivity contribution in [3.8, 4) is 5.88 Å². The Balaban J connectivity index is 1.67. The van der Waals surface area contributed by atoms with Crippen LogP contribution in [0.1, 0.15) is 5.56 Å². The van der Waals surface area contributed by atoms with E-state index in [4.69, 9.17) is 4.74 Å². The van der Waals surface area contributed by atoms with Crippen molar-refractivity contribution in [2.75, 3.05) is 29.8 Å². The zero-order valence-corrected chi connectivity index (χ0v) is 16.6. The molecule has 0 spiro atoms. The van der Waals surface area contributed by atoms with E-state index in [1.165, 1.54) is 12.4 Å². The molecule has 0 amide bonds. The van der Waals surface area contributed by atoms with Gasteiger partial charge >= 0.3 is 0 Å². The number of benzene rings is 2. The fourth-order valence-corrected chi connectivity index (χ4v) is 3.50. The molecule has 3 rings (SSSR count). The molecule has 0 bridgehead atoms. The summed E-state index contributed by atoms with van der Waals surface area (Å²) in [5.41, 5.74) is 2.04. The maximum atomic E-state index is 12.6. The minimum Gasteiger partial charge on any atom is -0.473 e. The van der Waals surface area contributed by atoms with E-state index < -0.39 is 10.0 Å². The maximum Gasteiger partial charge on any atom is 0.263 e. The summed E-state index contributed by atoms with van der Waals surface area (Å²) in [7, 11) is -1.83. The Labute approximate surface area is 165 Å². The highest BCUT2D eigenvalue weighted by Gasteiger charge is 2.18. The van der Waals surface area contributed by atoms with E-state index >= 15 is 0 Å². The number of rotatable bonds is 8. The predicted octanol–water partition coefficient (Wildman–Crippen LogP) is 3.10. The third kappa shape index (κ3) is 4.98. The first-order valence-corrected chi connectivity index (χ1v) is 10.2. The summed E-state index contributed by atoms with van der Waals surface area (Å²) in [6.07, 6.45) is 2.87. The van der Waals surface area contributed by atoms with Crippen molar-refractivity contribution < 1.29 is 13.2 Å². The number of hydrogen-bond donors (Lipinski definition) is 1. The number of nitrogens with one attached hydrogen (secondary N) is 1. The molecular weight excluding hydrogens is 376 g/mol. The van der Waals surface area contributed by atoms with Gasteiger partial charge < -0.3 is 9.64 Å². The number of anilines is 2. The van der Waals surface area contributed by atoms with Gasteiger partial charge in [0, 0.05) is 25.1 Å². The van der Waals surface area contributed by atoms with Gasteiger partial charge in [0.2, 0.25) is 5.82 Å².